The van der Waals surface area contributed by atoms with Gasteiger partial charge >= 0.3 is 0 Å². The molecule has 1 saturated heterocycles. The molecule has 106 valence electrons. The normalized spacial score (nSPS) is 29.2. The molecule has 1 saturated carbocycles. The van der Waals surface area contributed by atoms with Crippen LogP contribution in [0.15, 0.2) is 0 Å². The summed E-state index contributed by atoms with van der Waals surface area (Å²) in [5, 5.41) is 13.7. The fourth-order valence-electron chi connectivity index (χ4n) is 2.63. The Bertz CT molecular complexity index is 254. The zero-order chi connectivity index (χ0) is 13.0. The van der Waals surface area contributed by atoms with Crippen LogP contribution in [0.5, 0.6) is 0 Å². The van der Waals surface area contributed by atoms with Gasteiger partial charge in [0.25, 0.3) is 0 Å². The molecule has 3 atom stereocenters. The van der Waals surface area contributed by atoms with Gasteiger partial charge in [-0.15, -0.1) is 0 Å². The van der Waals surface area contributed by atoms with Crippen LogP contribution in [0.1, 0.15) is 46.0 Å². The van der Waals surface area contributed by atoms with E-state index in [0.29, 0.717) is 17.4 Å². The van der Waals surface area contributed by atoms with Crippen LogP contribution in [0.2, 0.25) is 0 Å². The lowest BCUT2D eigenvalue weighted by molar-refractivity contribution is 0.128. The summed E-state index contributed by atoms with van der Waals surface area (Å²) in [7, 11) is 0. The molecule has 1 aliphatic carbocycles. The summed E-state index contributed by atoms with van der Waals surface area (Å²) < 4.78 is 5.65. The molecule has 0 radical (unpaired) electrons. The van der Waals surface area contributed by atoms with Crippen LogP contribution in [-0.4, -0.2) is 47.0 Å². The van der Waals surface area contributed by atoms with E-state index in [-0.39, 0.29) is 12.1 Å². The van der Waals surface area contributed by atoms with Crippen LogP contribution < -0.4 is 5.32 Å². The van der Waals surface area contributed by atoms with Gasteiger partial charge in [-0.3, -0.25) is 0 Å². The lowest BCUT2D eigenvalue weighted by Gasteiger charge is -2.32. The SMILES string of the molecule is CC(CC(C)(CO)NC1CC1)SCC1CCCO1. The number of nitrogens with one attached hydrogen (secondary N) is 1. The van der Waals surface area contributed by atoms with Gasteiger partial charge in [0, 0.05) is 29.2 Å². The molecular weight excluding hydrogens is 246 g/mol. The predicted octanol–water partition coefficient (Wildman–Crippen LogP) is 2.18. The number of ether oxygens (including phenoxy) is 1. The van der Waals surface area contributed by atoms with Gasteiger partial charge in [-0.25, -0.2) is 0 Å². The fourth-order valence-corrected chi connectivity index (χ4v) is 3.92. The number of aliphatic hydroxyl groups is 1. The summed E-state index contributed by atoms with van der Waals surface area (Å²) in [5.41, 5.74) is -0.107. The molecule has 0 aromatic heterocycles. The first-order valence-electron chi connectivity index (χ1n) is 7.23. The van der Waals surface area contributed by atoms with Crippen molar-refractivity contribution in [2.45, 2.75) is 68.9 Å². The van der Waals surface area contributed by atoms with Gasteiger partial charge in [-0.05, 0) is 39.0 Å². The van der Waals surface area contributed by atoms with Gasteiger partial charge in [0.2, 0.25) is 0 Å². The van der Waals surface area contributed by atoms with Gasteiger partial charge in [-0.2, -0.15) is 11.8 Å². The zero-order valence-electron chi connectivity index (χ0n) is 11.7. The first kappa shape index (κ1) is 14.6. The van der Waals surface area contributed by atoms with Crippen LogP contribution in [0.25, 0.3) is 0 Å². The molecule has 0 aromatic rings. The molecule has 1 heterocycles. The topological polar surface area (TPSA) is 41.5 Å². The standard InChI is InChI=1S/C14H27NO2S/c1-11(18-9-13-4-3-7-17-13)8-14(2,10-16)15-12-5-6-12/h11-13,15-16H,3-10H2,1-2H3. The number of rotatable bonds is 8. The molecule has 18 heavy (non-hydrogen) atoms. The lowest BCUT2D eigenvalue weighted by Crippen LogP contribution is -2.48. The van der Waals surface area contributed by atoms with Crippen LogP contribution in [0.3, 0.4) is 0 Å². The van der Waals surface area contributed by atoms with Crippen LogP contribution in [-0.2, 0) is 4.74 Å². The highest BCUT2D eigenvalue weighted by atomic mass is 32.2. The van der Waals surface area contributed by atoms with E-state index in [0.717, 1.165) is 18.8 Å². The number of hydrogen-bond donors (Lipinski definition) is 2. The average Bonchev–Trinajstić information content (AvgIpc) is 2.98. The van der Waals surface area contributed by atoms with E-state index in [1.807, 2.05) is 11.8 Å². The van der Waals surface area contributed by atoms with Crippen LogP contribution in [0, 0.1) is 0 Å². The largest absolute Gasteiger partial charge is 0.394 e. The van der Waals surface area contributed by atoms with Crippen LogP contribution >= 0.6 is 11.8 Å². The molecule has 0 bridgehead atoms. The monoisotopic (exact) mass is 273 g/mol. The first-order chi connectivity index (χ1) is 8.61. The van der Waals surface area contributed by atoms with Crippen molar-refractivity contribution in [3.05, 3.63) is 0 Å². The number of aliphatic hydroxyl groups excluding tert-OH is 1. The molecule has 2 rings (SSSR count). The third-order valence-electron chi connectivity index (χ3n) is 3.81. The molecule has 0 amide bonds. The van der Waals surface area contributed by atoms with Gasteiger partial charge in [0.1, 0.15) is 0 Å². The van der Waals surface area contributed by atoms with Crippen molar-refractivity contribution in [2.75, 3.05) is 19.0 Å². The maximum atomic E-state index is 9.59. The van der Waals surface area contributed by atoms with Gasteiger partial charge in [0.15, 0.2) is 0 Å². The maximum absolute atomic E-state index is 9.59. The summed E-state index contributed by atoms with van der Waals surface area (Å²) in [6.07, 6.45) is 6.47. The molecule has 4 heteroatoms. The van der Waals surface area contributed by atoms with Crippen molar-refractivity contribution in [2.24, 2.45) is 0 Å². The van der Waals surface area contributed by atoms with Crippen molar-refractivity contribution in [1.29, 1.82) is 0 Å². The summed E-state index contributed by atoms with van der Waals surface area (Å²) in [5.74, 6) is 1.10. The number of hydrogen-bond acceptors (Lipinski definition) is 4. The van der Waals surface area contributed by atoms with Crippen molar-refractivity contribution < 1.29 is 9.84 Å². The summed E-state index contributed by atoms with van der Waals surface area (Å²) in [4.78, 5) is 0. The molecule has 1 aliphatic heterocycles. The van der Waals surface area contributed by atoms with Gasteiger partial charge < -0.3 is 15.2 Å². The quantitative estimate of drug-likeness (QED) is 0.711. The van der Waals surface area contributed by atoms with E-state index in [9.17, 15) is 5.11 Å². The second-order valence-corrected chi connectivity index (χ2v) is 7.59. The van der Waals surface area contributed by atoms with Crippen molar-refractivity contribution in [1.82, 2.24) is 5.32 Å². The fraction of sp³-hybridized carbons (Fsp3) is 1.00. The Morgan fingerprint density at radius 3 is 2.78 bits per heavy atom. The van der Waals surface area contributed by atoms with E-state index in [1.54, 1.807) is 0 Å². The Kier molecular flexibility index (Phi) is 5.36. The van der Waals surface area contributed by atoms with Crippen molar-refractivity contribution in [3.8, 4) is 0 Å². The molecule has 2 aliphatic rings. The maximum Gasteiger partial charge on any atom is 0.0666 e. The van der Waals surface area contributed by atoms with Gasteiger partial charge in [0.05, 0.1) is 12.7 Å². The molecule has 2 N–H and O–H groups in total. The smallest absolute Gasteiger partial charge is 0.0666 e. The van der Waals surface area contributed by atoms with E-state index >= 15 is 0 Å². The highest BCUT2D eigenvalue weighted by Gasteiger charge is 2.33. The Morgan fingerprint density at radius 1 is 1.44 bits per heavy atom. The highest BCUT2D eigenvalue weighted by molar-refractivity contribution is 7.99. The second kappa shape index (κ2) is 6.60. The zero-order valence-corrected chi connectivity index (χ0v) is 12.5. The highest BCUT2D eigenvalue weighted by Crippen LogP contribution is 2.28. The molecule has 2 fully saturated rings. The van der Waals surface area contributed by atoms with Crippen molar-refractivity contribution >= 4 is 11.8 Å². The van der Waals surface area contributed by atoms with E-state index in [1.165, 1.54) is 25.7 Å². The third kappa shape index (κ3) is 4.72. The summed E-state index contributed by atoms with van der Waals surface area (Å²) >= 11 is 1.99. The molecular formula is C14H27NO2S. The molecule has 3 unspecified atom stereocenters. The minimum absolute atomic E-state index is 0.107. The minimum atomic E-state index is -0.107. The van der Waals surface area contributed by atoms with Gasteiger partial charge in [-0.1, -0.05) is 6.92 Å². The third-order valence-corrected chi connectivity index (χ3v) is 5.11. The second-order valence-electron chi connectivity index (χ2n) is 6.12. The number of thioether (sulfide) groups is 1. The van der Waals surface area contributed by atoms with E-state index in [2.05, 4.69) is 19.2 Å². The van der Waals surface area contributed by atoms with E-state index < -0.39 is 0 Å². The Hall–Kier alpha value is 0.230. The predicted molar refractivity (Wildman–Crippen MR) is 77.2 cm³/mol. The minimum Gasteiger partial charge on any atom is -0.394 e. The molecule has 0 aromatic carbocycles. The van der Waals surface area contributed by atoms with Crippen LogP contribution in [0.4, 0.5) is 0 Å². The van der Waals surface area contributed by atoms with E-state index in [4.69, 9.17) is 4.74 Å². The molecule has 0 spiro atoms. The lowest BCUT2D eigenvalue weighted by atomic mass is 9.97. The Morgan fingerprint density at radius 2 is 2.22 bits per heavy atom. The Balaban J connectivity index is 1.68. The Labute approximate surface area is 115 Å². The summed E-state index contributed by atoms with van der Waals surface area (Å²) in [6, 6.07) is 0.650. The van der Waals surface area contributed by atoms with Crippen molar-refractivity contribution in [3.63, 3.8) is 0 Å². The average molecular weight is 273 g/mol. The summed E-state index contributed by atoms with van der Waals surface area (Å²) in [6.45, 7) is 5.59. The first-order valence-corrected chi connectivity index (χ1v) is 8.28. The molecule has 3 nitrogen and oxygen atoms in total.